The first kappa shape index (κ1) is 20.4. The van der Waals surface area contributed by atoms with Gasteiger partial charge in [-0.1, -0.05) is 31.1 Å². The van der Waals surface area contributed by atoms with Gasteiger partial charge < -0.3 is 14.7 Å². The summed E-state index contributed by atoms with van der Waals surface area (Å²) in [5, 5.41) is 7.16. The van der Waals surface area contributed by atoms with Crippen molar-refractivity contribution in [1.29, 1.82) is 0 Å². The van der Waals surface area contributed by atoms with Crippen LogP contribution in [-0.4, -0.2) is 35.7 Å². The second-order valence-corrected chi connectivity index (χ2v) is 7.02. The van der Waals surface area contributed by atoms with Crippen molar-refractivity contribution in [2.45, 2.75) is 51.5 Å². The Bertz CT molecular complexity index is 729. The molecule has 142 valence electrons. The van der Waals surface area contributed by atoms with Crippen molar-refractivity contribution in [3.63, 3.8) is 0 Å². The molecular formula is C19H27ClN4O2. The summed E-state index contributed by atoms with van der Waals surface area (Å²) in [6.07, 6.45) is 1.38. The molecule has 1 aromatic heterocycles. The Morgan fingerprint density at radius 2 is 1.96 bits per heavy atom. The Hall–Kier alpha value is -1.92. The fourth-order valence-electron chi connectivity index (χ4n) is 3.07. The molecule has 1 N–H and O–H groups in total. The lowest BCUT2D eigenvalue weighted by Gasteiger charge is -2.17. The molecule has 3 rings (SSSR count). The van der Waals surface area contributed by atoms with Crippen LogP contribution in [-0.2, 0) is 11.2 Å². The van der Waals surface area contributed by atoms with Crippen LogP contribution in [0.3, 0.4) is 0 Å². The van der Waals surface area contributed by atoms with E-state index >= 15 is 0 Å². The summed E-state index contributed by atoms with van der Waals surface area (Å²) in [5.41, 5.74) is 2.20. The second kappa shape index (κ2) is 8.64. The lowest BCUT2D eigenvalue weighted by Crippen LogP contribution is -2.26. The molecule has 0 spiro atoms. The molecule has 6 nitrogen and oxygen atoms in total. The van der Waals surface area contributed by atoms with Crippen LogP contribution < -0.4 is 10.2 Å². The molecule has 26 heavy (non-hydrogen) atoms. The molecule has 1 amide bonds. The van der Waals surface area contributed by atoms with E-state index in [1.807, 2.05) is 24.1 Å². The highest BCUT2D eigenvalue weighted by Crippen LogP contribution is 2.32. The van der Waals surface area contributed by atoms with Gasteiger partial charge in [-0.15, -0.1) is 12.4 Å². The Kier molecular flexibility index (Phi) is 6.78. The number of carbonyl (C=O) groups is 1. The number of halogens is 1. The average molecular weight is 379 g/mol. The first-order valence-electron chi connectivity index (χ1n) is 8.90. The Labute approximate surface area is 160 Å². The minimum absolute atomic E-state index is 0. The van der Waals surface area contributed by atoms with Gasteiger partial charge in [0.1, 0.15) is 5.92 Å². The van der Waals surface area contributed by atoms with Crippen LogP contribution in [0, 0.1) is 0 Å². The molecule has 0 saturated carbocycles. The molecule has 0 aliphatic carbocycles. The number of rotatable bonds is 6. The molecule has 0 radical (unpaired) electrons. The monoisotopic (exact) mass is 378 g/mol. The molecule has 0 bridgehead atoms. The third kappa shape index (κ3) is 4.24. The number of aromatic nitrogens is 2. The van der Waals surface area contributed by atoms with Crippen molar-refractivity contribution >= 4 is 24.0 Å². The molecule has 2 aromatic rings. The van der Waals surface area contributed by atoms with Crippen molar-refractivity contribution in [2.75, 3.05) is 18.5 Å². The number of nitrogens with zero attached hydrogens (tertiary/aromatic N) is 3. The normalized spacial score (nSPS) is 18.3. The SMILES string of the molecule is CNC(C)Cc1noc(C2CCN(c3ccc(C(C)C)cc3)C2=O)n1.Cl. The van der Waals surface area contributed by atoms with E-state index in [-0.39, 0.29) is 30.3 Å². The van der Waals surface area contributed by atoms with Crippen LogP contribution in [0.4, 0.5) is 5.69 Å². The molecular weight excluding hydrogens is 352 g/mol. The van der Waals surface area contributed by atoms with Crippen molar-refractivity contribution in [3.05, 3.63) is 41.5 Å². The van der Waals surface area contributed by atoms with Crippen LogP contribution in [0.5, 0.6) is 0 Å². The zero-order valence-electron chi connectivity index (χ0n) is 15.7. The standard InChI is InChI=1S/C19H26N4O2.ClH/c1-12(2)14-5-7-15(8-6-14)23-10-9-16(19(23)24)18-21-17(22-25-18)11-13(3)20-4;/h5-8,12-13,16,20H,9-11H2,1-4H3;1H. The molecule has 1 fully saturated rings. The molecule has 1 aliphatic rings. The first-order valence-corrected chi connectivity index (χ1v) is 8.90. The first-order chi connectivity index (χ1) is 12.0. The average Bonchev–Trinajstić information content (AvgIpc) is 3.21. The molecule has 1 aliphatic heterocycles. The predicted octanol–water partition coefficient (Wildman–Crippen LogP) is 3.29. The number of amides is 1. The van der Waals surface area contributed by atoms with E-state index in [2.05, 4.69) is 48.4 Å². The van der Waals surface area contributed by atoms with Gasteiger partial charge in [-0.2, -0.15) is 4.98 Å². The summed E-state index contributed by atoms with van der Waals surface area (Å²) >= 11 is 0. The van der Waals surface area contributed by atoms with Gasteiger partial charge in [-0.25, -0.2) is 0 Å². The molecule has 1 aromatic carbocycles. The van der Waals surface area contributed by atoms with Gasteiger partial charge in [0.2, 0.25) is 11.8 Å². The van der Waals surface area contributed by atoms with Crippen LogP contribution in [0.2, 0.25) is 0 Å². The fraction of sp³-hybridized carbons (Fsp3) is 0.526. The molecule has 2 atom stereocenters. The van der Waals surface area contributed by atoms with Gasteiger partial charge in [-0.3, -0.25) is 4.79 Å². The lowest BCUT2D eigenvalue weighted by molar-refractivity contribution is -0.118. The van der Waals surface area contributed by atoms with Crippen molar-refractivity contribution in [1.82, 2.24) is 15.5 Å². The van der Waals surface area contributed by atoms with E-state index in [1.54, 1.807) is 0 Å². The second-order valence-electron chi connectivity index (χ2n) is 7.02. The third-order valence-electron chi connectivity index (χ3n) is 4.84. The summed E-state index contributed by atoms with van der Waals surface area (Å²) in [5.74, 6) is 1.26. The van der Waals surface area contributed by atoms with Crippen LogP contribution in [0.1, 0.15) is 56.3 Å². The number of likely N-dealkylation sites (N-methyl/N-ethyl adjacent to an activating group) is 1. The number of nitrogens with one attached hydrogen (secondary N) is 1. The van der Waals surface area contributed by atoms with E-state index in [1.165, 1.54) is 5.56 Å². The molecule has 2 unspecified atom stereocenters. The van der Waals surface area contributed by atoms with Gasteiger partial charge in [0.05, 0.1) is 0 Å². The number of hydrogen-bond donors (Lipinski definition) is 1. The maximum Gasteiger partial charge on any atom is 0.239 e. The van der Waals surface area contributed by atoms with Gasteiger partial charge in [0.15, 0.2) is 5.82 Å². The molecule has 2 heterocycles. The van der Waals surface area contributed by atoms with E-state index < -0.39 is 0 Å². The number of anilines is 1. The maximum absolute atomic E-state index is 12.8. The number of hydrogen-bond acceptors (Lipinski definition) is 5. The highest BCUT2D eigenvalue weighted by molar-refractivity contribution is 5.99. The van der Waals surface area contributed by atoms with Crippen LogP contribution >= 0.6 is 12.4 Å². The summed E-state index contributed by atoms with van der Waals surface area (Å²) < 4.78 is 5.36. The Balaban J connectivity index is 0.00000243. The van der Waals surface area contributed by atoms with Crippen molar-refractivity contribution in [2.24, 2.45) is 0 Å². The van der Waals surface area contributed by atoms with Gasteiger partial charge in [0, 0.05) is 24.7 Å². The summed E-state index contributed by atoms with van der Waals surface area (Å²) in [6.45, 7) is 7.05. The van der Waals surface area contributed by atoms with Gasteiger partial charge in [-0.05, 0) is 44.0 Å². The van der Waals surface area contributed by atoms with E-state index in [4.69, 9.17) is 4.52 Å². The van der Waals surface area contributed by atoms with Crippen LogP contribution in [0.15, 0.2) is 28.8 Å². The maximum atomic E-state index is 12.8. The van der Waals surface area contributed by atoms with Crippen LogP contribution in [0.25, 0.3) is 0 Å². The van der Waals surface area contributed by atoms with E-state index in [0.29, 0.717) is 37.0 Å². The molecule has 1 saturated heterocycles. The topological polar surface area (TPSA) is 71.3 Å². The van der Waals surface area contributed by atoms with Gasteiger partial charge in [0.25, 0.3) is 0 Å². The van der Waals surface area contributed by atoms with Gasteiger partial charge >= 0.3 is 0 Å². The highest BCUT2D eigenvalue weighted by Gasteiger charge is 2.37. The highest BCUT2D eigenvalue weighted by atomic mass is 35.5. The zero-order chi connectivity index (χ0) is 18.0. The Morgan fingerprint density at radius 3 is 2.58 bits per heavy atom. The minimum atomic E-state index is -0.337. The summed E-state index contributed by atoms with van der Waals surface area (Å²) in [7, 11) is 1.90. The predicted molar refractivity (Wildman–Crippen MR) is 104 cm³/mol. The minimum Gasteiger partial charge on any atom is -0.338 e. The fourth-order valence-corrected chi connectivity index (χ4v) is 3.07. The number of benzene rings is 1. The van der Waals surface area contributed by atoms with E-state index in [0.717, 1.165) is 5.69 Å². The largest absolute Gasteiger partial charge is 0.338 e. The summed E-state index contributed by atoms with van der Waals surface area (Å²) in [4.78, 5) is 19.0. The smallest absolute Gasteiger partial charge is 0.239 e. The van der Waals surface area contributed by atoms with Crippen molar-refractivity contribution < 1.29 is 9.32 Å². The van der Waals surface area contributed by atoms with E-state index in [9.17, 15) is 4.79 Å². The molecule has 7 heteroatoms. The summed E-state index contributed by atoms with van der Waals surface area (Å²) in [6, 6.07) is 8.47. The lowest BCUT2D eigenvalue weighted by atomic mass is 10.0. The zero-order valence-corrected chi connectivity index (χ0v) is 16.5. The van der Waals surface area contributed by atoms with Crippen molar-refractivity contribution in [3.8, 4) is 0 Å². The quantitative estimate of drug-likeness (QED) is 0.835. The third-order valence-corrected chi connectivity index (χ3v) is 4.84. The Morgan fingerprint density at radius 1 is 1.27 bits per heavy atom. The number of carbonyl (C=O) groups excluding carboxylic acids is 1.